The largest absolute Gasteiger partial charge is 0.464 e. The first-order valence-corrected chi connectivity index (χ1v) is 15.4. The van der Waals surface area contributed by atoms with E-state index < -0.39 is 16.1 Å². The zero-order valence-corrected chi connectivity index (χ0v) is 24.8. The first-order chi connectivity index (χ1) is 20.1. The number of carbonyl (C=O) groups is 1. The molecule has 5 rings (SSSR count). The van der Waals surface area contributed by atoms with Crippen molar-refractivity contribution in [2.45, 2.75) is 57.8 Å². The van der Waals surface area contributed by atoms with E-state index in [9.17, 15) is 13.2 Å². The highest BCUT2D eigenvalue weighted by molar-refractivity contribution is 7.90. The molecule has 8 nitrogen and oxygen atoms in total. The number of hydrogen-bond donors (Lipinski definition) is 2. The fourth-order valence-corrected chi connectivity index (χ4v) is 6.22. The highest BCUT2D eigenvalue weighted by atomic mass is 32.2. The molecule has 2 aromatic heterocycles. The zero-order valence-electron chi connectivity index (χ0n) is 24.0. The third kappa shape index (κ3) is 6.52. The molecule has 0 bridgehead atoms. The summed E-state index contributed by atoms with van der Waals surface area (Å²) >= 11 is 0. The molecule has 2 N–H and O–H groups in total. The molecule has 0 saturated carbocycles. The summed E-state index contributed by atoms with van der Waals surface area (Å²) in [5.41, 5.74) is 9.10. The third-order valence-electron chi connectivity index (χ3n) is 7.45. The van der Waals surface area contributed by atoms with Gasteiger partial charge in [-0.05, 0) is 99.0 Å². The Morgan fingerprint density at radius 2 is 1.55 bits per heavy atom. The molecule has 0 aliphatic rings. The normalized spacial score (nSPS) is 11.6. The Morgan fingerprint density at radius 1 is 0.833 bits per heavy atom. The van der Waals surface area contributed by atoms with Gasteiger partial charge >= 0.3 is 6.09 Å². The van der Waals surface area contributed by atoms with Gasteiger partial charge in [0.25, 0.3) is 10.0 Å². The van der Waals surface area contributed by atoms with Crippen LogP contribution < -0.4 is 4.72 Å². The van der Waals surface area contributed by atoms with Crippen LogP contribution in [0.25, 0.3) is 16.7 Å². The summed E-state index contributed by atoms with van der Waals surface area (Å²) in [6, 6.07) is 25.6. The maximum Gasteiger partial charge on any atom is 0.418 e. The third-order valence-corrected chi connectivity index (χ3v) is 8.77. The van der Waals surface area contributed by atoms with Gasteiger partial charge in [0, 0.05) is 17.8 Å². The Hall–Kier alpha value is -4.50. The molecular formula is C33H34N4O4S. The lowest BCUT2D eigenvalue weighted by Crippen LogP contribution is -2.28. The Balaban J connectivity index is 1.37. The Labute approximate surface area is 246 Å². The van der Waals surface area contributed by atoms with Gasteiger partial charge in [-0.3, -0.25) is 9.55 Å². The van der Waals surface area contributed by atoms with E-state index >= 15 is 0 Å². The van der Waals surface area contributed by atoms with Gasteiger partial charge in [-0.2, -0.15) is 0 Å². The summed E-state index contributed by atoms with van der Waals surface area (Å²) in [4.78, 5) is 20.5. The molecule has 0 saturated heterocycles. The number of pyridine rings is 1. The van der Waals surface area contributed by atoms with E-state index in [-0.39, 0.29) is 4.90 Å². The number of aromatic nitrogens is 3. The monoisotopic (exact) mass is 582 g/mol. The van der Waals surface area contributed by atoms with Crippen molar-refractivity contribution in [3.05, 3.63) is 118 Å². The molecule has 5 aromatic rings. The van der Waals surface area contributed by atoms with Gasteiger partial charge in [0.05, 0.1) is 16.1 Å². The average molecular weight is 583 g/mol. The number of nitrogens with one attached hydrogen (secondary N) is 1. The second kappa shape index (κ2) is 12.2. The minimum Gasteiger partial charge on any atom is -0.464 e. The predicted octanol–water partition coefficient (Wildman–Crippen LogP) is 6.26. The summed E-state index contributed by atoms with van der Waals surface area (Å²) in [5, 5.41) is 8.87. The lowest BCUT2D eigenvalue weighted by atomic mass is 10.0. The van der Waals surface area contributed by atoms with Crippen molar-refractivity contribution in [2.24, 2.45) is 0 Å². The second-order valence-corrected chi connectivity index (χ2v) is 12.3. The molecule has 0 radical (unpaired) electrons. The predicted molar refractivity (Wildman–Crippen MR) is 164 cm³/mol. The van der Waals surface area contributed by atoms with Gasteiger partial charge in [-0.1, -0.05) is 48.5 Å². The first kappa shape index (κ1) is 29.0. The van der Waals surface area contributed by atoms with Crippen molar-refractivity contribution in [1.29, 1.82) is 0 Å². The van der Waals surface area contributed by atoms with E-state index in [0.29, 0.717) is 12.8 Å². The van der Waals surface area contributed by atoms with Crippen molar-refractivity contribution in [3.8, 4) is 5.69 Å². The molecule has 0 aliphatic carbocycles. The molecule has 3 aromatic carbocycles. The highest BCUT2D eigenvalue weighted by Gasteiger charge is 2.18. The van der Waals surface area contributed by atoms with E-state index in [0.717, 1.165) is 69.9 Å². The number of amides is 1. The van der Waals surface area contributed by atoms with E-state index in [1.807, 2.05) is 26.8 Å². The van der Waals surface area contributed by atoms with Crippen LogP contribution in [0.15, 0.2) is 83.8 Å². The number of sulfonamides is 1. The fraction of sp³-hybridized carbons (Fsp3) is 0.242. The van der Waals surface area contributed by atoms with Gasteiger partial charge in [0.2, 0.25) is 0 Å². The van der Waals surface area contributed by atoms with Crippen LogP contribution in [0, 0.1) is 20.8 Å². The molecule has 1 amide bonds. The minimum atomic E-state index is -4.13. The van der Waals surface area contributed by atoms with Crippen LogP contribution in [-0.2, 0) is 35.7 Å². The maximum absolute atomic E-state index is 12.3. The highest BCUT2D eigenvalue weighted by Crippen LogP contribution is 2.26. The van der Waals surface area contributed by atoms with Gasteiger partial charge in [0.1, 0.15) is 11.3 Å². The molecule has 2 heterocycles. The van der Waals surface area contributed by atoms with Crippen LogP contribution in [0.3, 0.4) is 0 Å². The van der Waals surface area contributed by atoms with Gasteiger partial charge in [-0.15, -0.1) is 0 Å². The Kier molecular flexibility index (Phi) is 8.40. The number of nitrogens with zero attached hydrogens (tertiary/aromatic N) is 3. The van der Waals surface area contributed by atoms with Crippen LogP contribution in [0.4, 0.5) is 4.79 Å². The van der Waals surface area contributed by atoms with Crippen molar-refractivity contribution < 1.29 is 18.3 Å². The van der Waals surface area contributed by atoms with Gasteiger partial charge in [0.15, 0.2) is 0 Å². The SMILES string of the molecule is Cc1cc2c(nc(CCCc3ccccc3)n2-c2ccc(CCc3cc(S(=O)(=O)NC(=O)O)ccc3C)cc2)c(C)n1. The standard InChI is InChI=1S/C33H34N4O4S/c1-22-12-19-29(42(40,41)36-33(38)39)21-27(22)16-13-26-14-17-28(18-15-26)37-30-20-23(2)34-24(3)32(30)35-31(37)11-7-10-25-8-5-4-6-9-25/h4-6,8-9,12,14-15,17-21,36H,7,10-11,13,16H2,1-3H3,(H,38,39). The molecule has 0 unspecified atom stereocenters. The summed E-state index contributed by atoms with van der Waals surface area (Å²) in [7, 11) is -4.13. The van der Waals surface area contributed by atoms with E-state index in [4.69, 9.17) is 10.1 Å². The molecule has 216 valence electrons. The number of carboxylic acid groups (broad SMARTS) is 1. The average Bonchev–Trinajstić information content (AvgIpc) is 3.31. The van der Waals surface area contributed by atoms with Crippen molar-refractivity contribution in [1.82, 2.24) is 19.3 Å². The number of rotatable bonds is 10. The number of benzene rings is 3. The summed E-state index contributed by atoms with van der Waals surface area (Å²) in [6.45, 7) is 5.92. The number of fused-ring (bicyclic) bond motifs is 1. The molecule has 42 heavy (non-hydrogen) atoms. The Bertz CT molecular complexity index is 1850. The number of aryl methyl sites for hydroxylation is 7. The van der Waals surface area contributed by atoms with Crippen LogP contribution in [0.2, 0.25) is 0 Å². The summed E-state index contributed by atoms with van der Waals surface area (Å²) in [6.07, 6.45) is 2.50. The van der Waals surface area contributed by atoms with Gasteiger partial charge in [-0.25, -0.2) is 22.9 Å². The van der Waals surface area contributed by atoms with Crippen molar-refractivity contribution >= 4 is 27.1 Å². The minimum absolute atomic E-state index is 0.0623. The van der Waals surface area contributed by atoms with Gasteiger partial charge < -0.3 is 5.11 Å². The lowest BCUT2D eigenvalue weighted by Gasteiger charge is -2.12. The van der Waals surface area contributed by atoms with Crippen LogP contribution in [-0.4, -0.2) is 34.2 Å². The topological polar surface area (TPSA) is 114 Å². The zero-order chi connectivity index (χ0) is 29.9. The smallest absolute Gasteiger partial charge is 0.418 e. The fourth-order valence-electron chi connectivity index (χ4n) is 5.33. The Morgan fingerprint density at radius 3 is 2.26 bits per heavy atom. The summed E-state index contributed by atoms with van der Waals surface area (Å²) in [5.74, 6) is 1.01. The van der Waals surface area contributed by atoms with E-state index in [2.05, 4.69) is 64.1 Å². The van der Waals surface area contributed by atoms with Crippen LogP contribution in [0.1, 0.15) is 45.9 Å². The van der Waals surface area contributed by atoms with E-state index in [1.165, 1.54) is 11.6 Å². The number of imidazole rings is 1. The molecule has 0 atom stereocenters. The van der Waals surface area contributed by atoms with E-state index in [1.54, 1.807) is 16.9 Å². The quantitative estimate of drug-likeness (QED) is 0.201. The van der Waals surface area contributed by atoms with Crippen molar-refractivity contribution in [2.75, 3.05) is 0 Å². The molecule has 0 aliphatic heterocycles. The van der Waals surface area contributed by atoms with Crippen LogP contribution >= 0.6 is 0 Å². The molecule has 9 heteroatoms. The second-order valence-electron chi connectivity index (χ2n) is 10.6. The summed E-state index contributed by atoms with van der Waals surface area (Å²) < 4.78 is 28.5. The maximum atomic E-state index is 12.3. The lowest BCUT2D eigenvalue weighted by molar-refractivity contribution is 0.201. The molecule has 0 spiro atoms. The number of hydrogen-bond acceptors (Lipinski definition) is 5. The first-order valence-electron chi connectivity index (χ1n) is 13.9. The molecule has 0 fully saturated rings. The van der Waals surface area contributed by atoms with Crippen LogP contribution in [0.5, 0.6) is 0 Å². The molecular weight excluding hydrogens is 548 g/mol. The van der Waals surface area contributed by atoms with Crippen molar-refractivity contribution in [3.63, 3.8) is 0 Å².